The van der Waals surface area contributed by atoms with Crippen molar-refractivity contribution in [2.24, 2.45) is 0 Å². The van der Waals surface area contributed by atoms with Gasteiger partial charge in [-0.3, -0.25) is 0 Å². The van der Waals surface area contributed by atoms with Gasteiger partial charge in [0.1, 0.15) is 11.2 Å². The molecular formula is C49H35BN2OS. The van der Waals surface area contributed by atoms with Gasteiger partial charge >= 0.3 is 6.85 Å². The molecule has 54 heavy (non-hydrogen) atoms. The largest absolute Gasteiger partial charge is 0.456 e. The smallest absolute Gasteiger partial charge is 0.334 e. The van der Waals surface area contributed by atoms with Crippen molar-refractivity contribution >= 4 is 99.3 Å². The van der Waals surface area contributed by atoms with E-state index in [2.05, 4.69) is 177 Å². The van der Waals surface area contributed by atoms with E-state index in [1.165, 1.54) is 98.0 Å². The van der Waals surface area contributed by atoms with Crippen LogP contribution in [-0.4, -0.2) is 11.3 Å². The molecule has 0 unspecified atom stereocenters. The highest BCUT2D eigenvalue weighted by atomic mass is 32.1. The normalized spacial score (nSPS) is 13.5. The molecule has 0 radical (unpaired) electrons. The van der Waals surface area contributed by atoms with Crippen LogP contribution in [0.15, 0.2) is 144 Å². The number of para-hydroxylation sites is 2. The van der Waals surface area contributed by atoms with E-state index in [4.69, 9.17) is 4.42 Å². The predicted octanol–water partition coefficient (Wildman–Crippen LogP) is 12.6. The second kappa shape index (κ2) is 10.6. The number of thiophene rings is 1. The summed E-state index contributed by atoms with van der Waals surface area (Å²) in [5.41, 5.74) is 17.0. The molecule has 2 aliphatic rings. The zero-order valence-electron chi connectivity index (χ0n) is 30.6. The molecule has 0 aliphatic carbocycles. The predicted molar refractivity (Wildman–Crippen MR) is 232 cm³/mol. The molecule has 5 heteroatoms. The lowest BCUT2D eigenvalue weighted by Crippen LogP contribution is -2.57. The van der Waals surface area contributed by atoms with Crippen LogP contribution in [0.4, 0.5) is 17.1 Å². The molecule has 12 rings (SSSR count). The Hall–Kier alpha value is -6.04. The first-order valence-corrected chi connectivity index (χ1v) is 19.7. The summed E-state index contributed by atoms with van der Waals surface area (Å²) in [5, 5.41) is 6.36. The van der Waals surface area contributed by atoms with E-state index in [0.717, 1.165) is 16.6 Å². The zero-order chi connectivity index (χ0) is 36.0. The van der Waals surface area contributed by atoms with Gasteiger partial charge in [0.05, 0.1) is 10.5 Å². The second-order valence-electron chi connectivity index (χ2n) is 16.2. The molecular weight excluding hydrogens is 675 g/mol. The molecule has 10 aromatic rings. The quantitative estimate of drug-likeness (QED) is 0.167. The first-order valence-electron chi connectivity index (χ1n) is 18.9. The maximum Gasteiger partial charge on any atom is 0.334 e. The number of rotatable bonds is 2. The van der Waals surface area contributed by atoms with Crippen molar-refractivity contribution in [3.05, 3.63) is 151 Å². The standard InChI is InChI=1S/C49H35BN2OS/c1-28-25-36-31-17-12-18-34-43-33-16-9-11-20-42(33)54-48(43)52(47(31)34)50-45(36)39(26-28)51(38-23-24-41-44(46(38)50)32-15-8-10-19-40(32)53-41)37-22-21-30(49(2,3)4)27-35(37)29-13-6-5-7-14-29/h5-27H,1-4H3. The highest BCUT2D eigenvalue weighted by Crippen LogP contribution is 2.51. The molecule has 0 fully saturated rings. The topological polar surface area (TPSA) is 21.3 Å². The monoisotopic (exact) mass is 710 g/mol. The van der Waals surface area contributed by atoms with Gasteiger partial charge in [0.15, 0.2) is 0 Å². The van der Waals surface area contributed by atoms with E-state index in [9.17, 15) is 0 Å². The van der Waals surface area contributed by atoms with Gasteiger partial charge in [-0.05, 0) is 88.0 Å². The number of furan rings is 1. The highest BCUT2D eigenvalue weighted by Gasteiger charge is 2.45. The number of benzene rings is 7. The second-order valence-corrected chi connectivity index (χ2v) is 17.2. The van der Waals surface area contributed by atoms with E-state index >= 15 is 0 Å². The van der Waals surface area contributed by atoms with Crippen molar-refractivity contribution in [3.63, 3.8) is 0 Å². The third-order valence-electron chi connectivity index (χ3n) is 12.0. The summed E-state index contributed by atoms with van der Waals surface area (Å²) in [6.07, 6.45) is 0. The molecule has 0 saturated heterocycles. The highest BCUT2D eigenvalue weighted by molar-refractivity contribution is 7.26. The van der Waals surface area contributed by atoms with Crippen molar-refractivity contribution < 1.29 is 4.42 Å². The number of aryl methyl sites for hydroxylation is 1. The molecule has 2 aliphatic heterocycles. The van der Waals surface area contributed by atoms with Crippen LogP contribution < -0.4 is 15.8 Å². The van der Waals surface area contributed by atoms with Crippen molar-refractivity contribution in [1.82, 2.24) is 4.48 Å². The Labute approximate surface area is 317 Å². The van der Waals surface area contributed by atoms with Crippen molar-refractivity contribution in [1.29, 1.82) is 0 Å². The summed E-state index contributed by atoms with van der Waals surface area (Å²) < 4.78 is 10.7. The number of hydrogen-bond donors (Lipinski definition) is 0. The number of anilines is 3. The lowest BCUT2D eigenvalue weighted by molar-refractivity contribution is 0.590. The van der Waals surface area contributed by atoms with Gasteiger partial charge in [0.2, 0.25) is 0 Å². The van der Waals surface area contributed by atoms with Gasteiger partial charge in [-0.1, -0.05) is 118 Å². The molecule has 0 atom stereocenters. The Balaban J connectivity index is 1.28. The van der Waals surface area contributed by atoms with Gasteiger partial charge in [0.25, 0.3) is 0 Å². The zero-order valence-corrected chi connectivity index (χ0v) is 31.4. The lowest BCUT2D eigenvalue weighted by Gasteiger charge is -2.41. The average molecular weight is 711 g/mol. The Morgan fingerprint density at radius 3 is 2.19 bits per heavy atom. The Morgan fingerprint density at radius 1 is 0.574 bits per heavy atom. The van der Waals surface area contributed by atoms with Crippen molar-refractivity contribution in [2.75, 3.05) is 4.90 Å². The summed E-state index contributed by atoms with van der Waals surface area (Å²) in [4.78, 5) is 3.90. The number of fused-ring (bicyclic) bond motifs is 13. The van der Waals surface area contributed by atoms with E-state index in [1.54, 1.807) is 0 Å². The maximum absolute atomic E-state index is 6.69. The Kier molecular flexibility index (Phi) is 5.95. The van der Waals surface area contributed by atoms with Crippen molar-refractivity contribution in [3.8, 4) is 22.3 Å². The molecule has 3 nitrogen and oxygen atoms in total. The molecule has 3 aromatic heterocycles. The molecule has 256 valence electrons. The first kappa shape index (κ1) is 30.4. The fraction of sp³-hybridized carbons (Fsp3) is 0.102. The molecule has 0 N–H and O–H groups in total. The number of aromatic nitrogens is 1. The molecule has 0 amide bonds. The molecule has 5 heterocycles. The third-order valence-corrected chi connectivity index (χ3v) is 13.1. The third kappa shape index (κ3) is 3.92. The molecule has 0 bridgehead atoms. The van der Waals surface area contributed by atoms with Crippen LogP contribution in [0.25, 0.3) is 75.4 Å². The van der Waals surface area contributed by atoms with Gasteiger partial charge in [-0.15, -0.1) is 11.3 Å². The van der Waals surface area contributed by atoms with Crippen molar-refractivity contribution in [2.45, 2.75) is 33.1 Å². The SMILES string of the molecule is Cc1cc2c3c(c1)N(c1ccc(C(C)(C)C)cc1-c1ccccc1)c1ccc4oc5ccccc5c4c1B3n1c3sc4ccccc4c3c3cccc-2c31. The summed E-state index contributed by atoms with van der Waals surface area (Å²) in [5.74, 6) is 0. The van der Waals surface area contributed by atoms with Crippen LogP contribution in [0, 0.1) is 6.92 Å². The maximum atomic E-state index is 6.69. The molecule has 0 saturated carbocycles. The summed E-state index contributed by atoms with van der Waals surface area (Å²) >= 11 is 1.92. The van der Waals surface area contributed by atoms with E-state index in [-0.39, 0.29) is 12.3 Å². The van der Waals surface area contributed by atoms with Gasteiger partial charge in [-0.25, -0.2) is 0 Å². The lowest BCUT2D eigenvalue weighted by atomic mass is 9.44. The number of hydrogen-bond acceptors (Lipinski definition) is 3. The van der Waals surface area contributed by atoms with E-state index in [0.29, 0.717) is 0 Å². The van der Waals surface area contributed by atoms with Gasteiger partial charge in [-0.2, -0.15) is 0 Å². The number of nitrogens with zero attached hydrogens (tertiary/aromatic N) is 2. The van der Waals surface area contributed by atoms with Crippen LogP contribution in [0.2, 0.25) is 0 Å². The van der Waals surface area contributed by atoms with Crippen LogP contribution >= 0.6 is 11.3 Å². The van der Waals surface area contributed by atoms with Gasteiger partial charge < -0.3 is 13.8 Å². The molecule has 7 aromatic carbocycles. The van der Waals surface area contributed by atoms with Crippen LogP contribution in [0.1, 0.15) is 31.9 Å². The van der Waals surface area contributed by atoms with Crippen LogP contribution in [0.3, 0.4) is 0 Å². The minimum atomic E-state index is -0.0662. The average Bonchev–Trinajstić information content (AvgIpc) is 3.86. The summed E-state index contributed by atoms with van der Waals surface area (Å²) in [6.45, 7) is 9.11. The Bertz CT molecular complexity index is 3230. The Morgan fingerprint density at radius 2 is 1.33 bits per heavy atom. The van der Waals surface area contributed by atoms with Gasteiger partial charge in [0, 0.05) is 59.6 Å². The summed E-state index contributed by atoms with van der Waals surface area (Å²) in [6, 6.07) is 51.9. The van der Waals surface area contributed by atoms with Crippen LogP contribution in [-0.2, 0) is 5.41 Å². The van der Waals surface area contributed by atoms with Crippen LogP contribution in [0.5, 0.6) is 0 Å². The molecule has 0 spiro atoms. The summed E-state index contributed by atoms with van der Waals surface area (Å²) in [7, 11) is 0. The minimum Gasteiger partial charge on any atom is -0.456 e. The van der Waals surface area contributed by atoms with E-state index in [1.807, 2.05) is 11.3 Å². The minimum absolute atomic E-state index is 0.00351. The fourth-order valence-corrected chi connectivity index (χ4v) is 10.9. The fourth-order valence-electron chi connectivity index (χ4n) is 9.65. The first-order chi connectivity index (χ1) is 26.3. The van der Waals surface area contributed by atoms with E-state index < -0.39 is 0 Å².